The molecule has 0 atom stereocenters. The first-order valence-electron chi connectivity index (χ1n) is 7.44. The summed E-state index contributed by atoms with van der Waals surface area (Å²) in [5, 5.41) is 2.74. The van der Waals surface area contributed by atoms with E-state index in [-0.39, 0.29) is 16.7 Å². The second kappa shape index (κ2) is 8.28. The summed E-state index contributed by atoms with van der Waals surface area (Å²) in [7, 11) is 1.14. The van der Waals surface area contributed by atoms with Gasteiger partial charge in [0.2, 0.25) is 5.91 Å². The lowest BCUT2D eigenvalue weighted by Gasteiger charge is -2.08. The smallest absolute Gasteiger partial charge is 0.252 e. The zero-order chi connectivity index (χ0) is 18.4. The topological polar surface area (TPSA) is 75.7 Å². The van der Waals surface area contributed by atoms with Gasteiger partial charge in [-0.2, -0.15) is 0 Å². The highest BCUT2D eigenvalue weighted by Crippen LogP contribution is 2.23. The van der Waals surface area contributed by atoms with Crippen molar-refractivity contribution < 1.29 is 17.9 Å². The molecule has 0 unspecified atom stereocenters. The van der Waals surface area contributed by atoms with Gasteiger partial charge in [0.05, 0.1) is 13.7 Å². The Balaban J connectivity index is 1.91. The van der Waals surface area contributed by atoms with Gasteiger partial charge in [-0.1, -0.05) is 12.1 Å². The van der Waals surface area contributed by atoms with Crippen LogP contribution in [0.25, 0.3) is 6.08 Å². The normalized spacial score (nSPS) is 11.8. The molecule has 0 fully saturated rings. The van der Waals surface area contributed by atoms with Crippen molar-refractivity contribution in [3.05, 3.63) is 52.9 Å². The Labute approximate surface area is 151 Å². The number of hydrogen-bond acceptors (Lipinski definition) is 5. The Bertz CT molecular complexity index is 853. The van der Waals surface area contributed by atoms with Crippen LogP contribution in [0.2, 0.25) is 0 Å². The lowest BCUT2D eigenvalue weighted by Crippen LogP contribution is -2.21. The van der Waals surface area contributed by atoms with Gasteiger partial charge in [0.15, 0.2) is 0 Å². The Hall–Kier alpha value is -2.16. The number of nitrogens with zero attached hydrogens (tertiary/aromatic N) is 1. The first kappa shape index (κ1) is 19.2. The molecule has 6 nitrogen and oxygen atoms in total. The minimum atomic E-state index is -3.43. The molecule has 0 aliphatic heterocycles. The highest BCUT2D eigenvalue weighted by Gasteiger charge is 2.19. The van der Waals surface area contributed by atoms with Gasteiger partial charge in [-0.15, -0.1) is 11.3 Å². The summed E-state index contributed by atoms with van der Waals surface area (Å²) < 4.78 is 30.5. The van der Waals surface area contributed by atoms with Crippen molar-refractivity contribution in [3.63, 3.8) is 0 Å². The molecule has 1 N–H and O–H groups in total. The molecule has 1 aromatic heterocycles. The molecule has 134 valence electrons. The van der Waals surface area contributed by atoms with E-state index in [2.05, 4.69) is 5.32 Å². The predicted octanol–water partition coefficient (Wildman–Crippen LogP) is 2.34. The minimum Gasteiger partial charge on any atom is -0.497 e. The van der Waals surface area contributed by atoms with E-state index in [1.807, 2.05) is 24.3 Å². The summed E-state index contributed by atoms with van der Waals surface area (Å²) >= 11 is 1.15. The third kappa shape index (κ3) is 5.15. The lowest BCUT2D eigenvalue weighted by molar-refractivity contribution is -0.116. The molecular weight excluding hydrogens is 360 g/mol. The van der Waals surface area contributed by atoms with Crippen LogP contribution >= 0.6 is 11.3 Å². The third-order valence-corrected chi connectivity index (χ3v) is 6.72. The maximum atomic E-state index is 12.0. The molecule has 1 amide bonds. The van der Waals surface area contributed by atoms with Crippen LogP contribution in [0.5, 0.6) is 5.75 Å². The molecule has 2 rings (SSSR count). The molecule has 0 radical (unpaired) electrons. The number of carbonyl (C=O) groups excluding carboxylic acids is 1. The van der Waals surface area contributed by atoms with Gasteiger partial charge in [0.1, 0.15) is 9.96 Å². The molecule has 0 spiro atoms. The molecule has 2 aromatic rings. The van der Waals surface area contributed by atoms with Gasteiger partial charge in [0.25, 0.3) is 10.0 Å². The van der Waals surface area contributed by atoms with E-state index < -0.39 is 10.0 Å². The number of sulfonamides is 1. The number of benzene rings is 1. The number of amides is 1. The van der Waals surface area contributed by atoms with Crippen molar-refractivity contribution in [2.75, 3.05) is 21.2 Å². The molecule has 0 bridgehead atoms. The van der Waals surface area contributed by atoms with E-state index in [1.54, 1.807) is 25.3 Å². The van der Waals surface area contributed by atoms with Gasteiger partial charge >= 0.3 is 0 Å². The van der Waals surface area contributed by atoms with Crippen LogP contribution < -0.4 is 10.1 Å². The highest BCUT2D eigenvalue weighted by molar-refractivity contribution is 7.91. The maximum Gasteiger partial charge on any atom is 0.252 e. The van der Waals surface area contributed by atoms with Gasteiger partial charge in [-0.3, -0.25) is 4.79 Å². The summed E-state index contributed by atoms with van der Waals surface area (Å²) in [5.74, 6) is 0.504. The van der Waals surface area contributed by atoms with E-state index in [0.717, 1.165) is 27.5 Å². The summed E-state index contributed by atoms with van der Waals surface area (Å²) in [5.41, 5.74) is 0.881. The van der Waals surface area contributed by atoms with Crippen molar-refractivity contribution in [2.45, 2.75) is 10.8 Å². The van der Waals surface area contributed by atoms with E-state index in [9.17, 15) is 13.2 Å². The third-order valence-electron chi connectivity index (χ3n) is 3.35. The van der Waals surface area contributed by atoms with Crippen molar-refractivity contribution in [2.24, 2.45) is 0 Å². The Morgan fingerprint density at radius 2 is 1.88 bits per heavy atom. The molecular formula is C17H20N2O4S2. The zero-order valence-corrected chi connectivity index (χ0v) is 15.9. The van der Waals surface area contributed by atoms with E-state index >= 15 is 0 Å². The average molecular weight is 380 g/mol. The number of thiophene rings is 1. The average Bonchev–Trinajstić information content (AvgIpc) is 3.08. The maximum absolute atomic E-state index is 12.0. The lowest BCUT2D eigenvalue weighted by atomic mass is 10.2. The Kier molecular flexibility index (Phi) is 6.35. The molecule has 1 aromatic carbocycles. The van der Waals surface area contributed by atoms with Crippen molar-refractivity contribution >= 4 is 33.3 Å². The Morgan fingerprint density at radius 1 is 1.20 bits per heavy atom. The number of ether oxygens (including phenoxy) is 1. The second-order valence-corrected chi connectivity index (χ2v) is 8.88. The SMILES string of the molecule is COc1ccc(C=CC(=O)NCc2ccc(S(=O)(=O)N(C)C)s2)cc1. The number of nitrogens with one attached hydrogen (secondary N) is 1. The van der Waals surface area contributed by atoms with E-state index in [1.165, 1.54) is 24.5 Å². The van der Waals surface area contributed by atoms with Crippen molar-refractivity contribution in [1.29, 1.82) is 0 Å². The van der Waals surface area contributed by atoms with Crippen LogP contribution in [0.3, 0.4) is 0 Å². The molecule has 0 aliphatic carbocycles. The predicted molar refractivity (Wildman–Crippen MR) is 99.1 cm³/mol. The summed E-state index contributed by atoms with van der Waals surface area (Å²) in [6.07, 6.45) is 3.14. The second-order valence-electron chi connectivity index (χ2n) is 5.33. The first-order valence-corrected chi connectivity index (χ1v) is 9.70. The molecule has 0 saturated heterocycles. The molecule has 25 heavy (non-hydrogen) atoms. The van der Waals surface area contributed by atoms with Crippen LogP contribution in [-0.2, 0) is 21.4 Å². The molecule has 0 aliphatic rings. The highest BCUT2D eigenvalue weighted by atomic mass is 32.2. The van der Waals surface area contributed by atoms with Crippen molar-refractivity contribution in [3.8, 4) is 5.75 Å². The van der Waals surface area contributed by atoms with E-state index in [4.69, 9.17) is 4.74 Å². The van der Waals surface area contributed by atoms with Gasteiger partial charge in [0, 0.05) is 25.0 Å². The van der Waals surface area contributed by atoms with Gasteiger partial charge < -0.3 is 10.1 Å². The fourth-order valence-electron chi connectivity index (χ4n) is 1.89. The van der Waals surface area contributed by atoms with Crippen LogP contribution in [0, 0.1) is 0 Å². The van der Waals surface area contributed by atoms with Crippen LogP contribution in [0.1, 0.15) is 10.4 Å². The fraction of sp³-hybridized carbons (Fsp3) is 0.235. The van der Waals surface area contributed by atoms with Crippen LogP contribution in [0.15, 0.2) is 46.7 Å². The van der Waals surface area contributed by atoms with Crippen LogP contribution in [-0.4, -0.2) is 39.8 Å². The Morgan fingerprint density at radius 3 is 2.48 bits per heavy atom. The molecule has 8 heteroatoms. The minimum absolute atomic E-state index is 0.249. The summed E-state index contributed by atoms with van der Waals surface area (Å²) in [4.78, 5) is 12.7. The number of rotatable bonds is 7. The quantitative estimate of drug-likeness (QED) is 0.748. The van der Waals surface area contributed by atoms with Gasteiger partial charge in [-0.05, 0) is 35.9 Å². The number of methoxy groups -OCH3 is 1. The monoisotopic (exact) mass is 380 g/mol. The zero-order valence-electron chi connectivity index (χ0n) is 14.2. The number of hydrogen-bond donors (Lipinski definition) is 1. The molecule has 0 saturated carbocycles. The summed E-state index contributed by atoms with van der Waals surface area (Å²) in [6, 6.07) is 10.6. The first-order chi connectivity index (χ1) is 11.8. The largest absolute Gasteiger partial charge is 0.497 e. The van der Waals surface area contributed by atoms with Crippen LogP contribution in [0.4, 0.5) is 0 Å². The molecule has 1 heterocycles. The summed E-state index contributed by atoms with van der Waals surface area (Å²) in [6.45, 7) is 0.277. The standard InChI is InChI=1S/C17H20N2O4S2/c1-19(2)25(21,22)17-11-9-15(24-17)12-18-16(20)10-6-13-4-7-14(23-3)8-5-13/h4-11H,12H2,1-3H3,(H,18,20). The van der Waals surface area contributed by atoms with Gasteiger partial charge in [-0.25, -0.2) is 12.7 Å². The van der Waals surface area contributed by atoms with E-state index in [0.29, 0.717) is 0 Å². The fourth-order valence-corrected chi connectivity index (χ4v) is 4.36. The number of carbonyl (C=O) groups is 1. The van der Waals surface area contributed by atoms with Crippen molar-refractivity contribution in [1.82, 2.24) is 9.62 Å².